The second-order valence-electron chi connectivity index (χ2n) is 3.44. The molecular weight excluding hydrogens is 208 g/mol. The van der Waals surface area contributed by atoms with E-state index in [4.69, 9.17) is 5.11 Å². The van der Waals surface area contributed by atoms with Crippen molar-refractivity contribution < 1.29 is 14.7 Å². The van der Waals surface area contributed by atoms with Crippen molar-refractivity contribution in [2.24, 2.45) is 0 Å². The third kappa shape index (κ3) is 1.75. The fraction of sp³-hybridized carbons (Fsp3) is 0.0909. The molecule has 3 amide bonds. The smallest absolute Gasteiger partial charge is 0.328 e. The number of aromatic hydroxyl groups is 1. The quantitative estimate of drug-likeness (QED) is 0.544. The Kier molecular flexibility index (Phi) is 2.36. The van der Waals surface area contributed by atoms with Gasteiger partial charge in [-0.1, -0.05) is 12.1 Å². The van der Waals surface area contributed by atoms with Crippen LogP contribution < -0.4 is 5.32 Å². The van der Waals surface area contributed by atoms with Crippen molar-refractivity contribution in [1.82, 2.24) is 10.2 Å². The number of urea groups is 1. The van der Waals surface area contributed by atoms with Crippen molar-refractivity contribution in [2.75, 3.05) is 7.05 Å². The van der Waals surface area contributed by atoms with Crippen molar-refractivity contribution in [2.45, 2.75) is 0 Å². The van der Waals surface area contributed by atoms with Gasteiger partial charge in [0.25, 0.3) is 5.91 Å². The van der Waals surface area contributed by atoms with E-state index in [1.54, 1.807) is 18.2 Å². The number of nitrogens with zero attached hydrogens (tertiary/aromatic N) is 1. The summed E-state index contributed by atoms with van der Waals surface area (Å²) in [7, 11) is 1.41. The summed E-state index contributed by atoms with van der Waals surface area (Å²) in [6, 6.07) is 5.89. The minimum atomic E-state index is -0.435. The van der Waals surface area contributed by atoms with Gasteiger partial charge < -0.3 is 10.4 Å². The average Bonchev–Trinajstić information content (AvgIpc) is 2.50. The predicted molar refractivity (Wildman–Crippen MR) is 57.4 cm³/mol. The van der Waals surface area contributed by atoms with Gasteiger partial charge in [0.2, 0.25) is 0 Å². The van der Waals surface area contributed by atoms with Crippen LogP contribution in [0.25, 0.3) is 6.08 Å². The first-order valence-electron chi connectivity index (χ1n) is 4.67. The van der Waals surface area contributed by atoms with Gasteiger partial charge in [-0.05, 0) is 23.8 Å². The summed E-state index contributed by atoms with van der Waals surface area (Å²) in [6.07, 6.45) is 1.56. The van der Waals surface area contributed by atoms with E-state index in [2.05, 4.69) is 5.32 Å². The summed E-state index contributed by atoms with van der Waals surface area (Å²) in [5.41, 5.74) is 0.968. The number of likely N-dealkylation sites (N-methyl/N-ethyl adjacent to an activating group) is 1. The van der Waals surface area contributed by atoms with Crippen LogP contribution in [0.2, 0.25) is 0 Å². The van der Waals surface area contributed by atoms with E-state index < -0.39 is 6.03 Å². The van der Waals surface area contributed by atoms with Gasteiger partial charge in [0, 0.05) is 7.05 Å². The molecule has 0 bridgehead atoms. The van der Waals surface area contributed by atoms with Gasteiger partial charge in [-0.3, -0.25) is 9.69 Å². The molecule has 0 aliphatic carbocycles. The number of hydrogen-bond acceptors (Lipinski definition) is 3. The molecule has 1 aliphatic heterocycles. The van der Waals surface area contributed by atoms with Crippen LogP contribution in [0.1, 0.15) is 5.56 Å². The summed E-state index contributed by atoms with van der Waals surface area (Å²) < 4.78 is 0. The van der Waals surface area contributed by atoms with Crippen LogP contribution in [-0.2, 0) is 4.79 Å². The minimum absolute atomic E-state index is 0.154. The molecule has 0 aromatic heterocycles. The van der Waals surface area contributed by atoms with Crippen LogP contribution in [0.3, 0.4) is 0 Å². The molecule has 2 rings (SSSR count). The Hall–Kier alpha value is -2.30. The van der Waals surface area contributed by atoms with Crippen LogP contribution in [0, 0.1) is 0 Å². The number of carbonyl (C=O) groups is 2. The van der Waals surface area contributed by atoms with Crippen molar-refractivity contribution in [3.05, 3.63) is 35.5 Å². The zero-order chi connectivity index (χ0) is 11.7. The van der Waals surface area contributed by atoms with E-state index in [0.717, 1.165) is 10.5 Å². The fourth-order valence-corrected chi connectivity index (χ4v) is 1.36. The Bertz CT molecular complexity index is 477. The first kappa shape index (κ1) is 10.2. The highest BCUT2D eigenvalue weighted by Crippen LogP contribution is 2.15. The summed E-state index contributed by atoms with van der Waals surface area (Å²) in [6.45, 7) is 0. The lowest BCUT2D eigenvalue weighted by molar-refractivity contribution is -0.121. The van der Waals surface area contributed by atoms with Crippen LogP contribution >= 0.6 is 0 Å². The number of hydrogen-bond donors (Lipinski definition) is 2. The first-order valence-corrected chi connectivity index (χ1v) is 4.67. The van der Waals surface area contributed by atoms with Crippen LogP contribution in [0.4, 0.5) is 4.79 Å². The molecule has 0 atom stereocenters. The van der Waals surface area contributed by atoms with E-state index in [0.29, 0.717) is 0 Å². The van der Waals surface area contributed by atoms with Gasteiger partial charge in [-0.25, -0.2) is 4.79 Å². The molecule has 1 aliphatic rings. The summed E-state index contributed by atoms with van der Waals surface area (Å²) in [5.74, 6) is -0.209. The molecule has 1 aromatic carbocycles. The molecule has 0 radical (unpaired) electrons. The Morgan fingerprint density at radius 1 is 1.25 bits per heavy atom. The fourth-order valence-electron chi connectivity index (χ4n) is 1.36. The lowest BCUT2D eigenvalue weighted by Crippen LogP contribution is -2.25. The maximum Gasteiger partial charge on any atom is 0.328 e. The number of benzene rings is 1. The molecule has 0 spiro atoms. The number of nitrogens with one attached hydrogen (secondary N) is 1. The normalized spacial score (nSPS) is 18.1. The zero-order valence-electron chi connectivity index (χ0n) is 8.60. The maximum atomic E-state index is 11.5. The Labute approximate surface area is 92.0 Å². The van der Waals surface area contributed by atoms with Crippen molar-refractivity contribution >= 4 is 18.0 Å². The van der Waals surface area contributed by atoms with E-state index in [9.17, 15) is 9.59 Å². The second-order valence-corrected chi connectivity index (χ2v) is 3.44. The minimum Gasteiger partial charge on any atom is -0.508 e. The predicted octanol–water partition coefficient (Wildman–Crippen LogP) is 0.915. The number of phenolic OH excluding ortho intramolecular Hbond substituents is 1. The summed E-state index contributed by atoms with van der Waals surface area (Å²) in [5, 5.41) is 11.5. The van der Waals surface area contributed by atoms with Crippen molar-refractivity contribution in [3.63, 3.8) is 0 Å². The highest BCUT2D eigenvalue weighted by molar-refractivity contribution is 6.13. The van der Waals surface area contributed by atoms with Gasteiger partial charge in [0.1, 0.15) is 11.4 Å². The standard InChI is InChI=1S/C11H10N2O3/c1-13-10(15)9(12-11(13)16)6-7-2-4-8(14)5-3-7/h2-6,14H,1H3,(H,12,16)/b9-6+. The van der Waals surface area contributed by atoms with Crippen molar-refractivity contribution in [3.8, 4) is 5.75 Å². The van der Waals surface area contributed by atoms with Crippen LogP contribution in [0.5, 0.6) is 5.75 Å². The van der Waals surface area contributed by atoms with E-state index in [1.165, 1.54) is 19.2 Å². The number of imide groups is 1. The molecule has 1 saturated heterocycles. The van der Waals surface area contributed by atoms with E-state index >= 15 is 0 Å². The van der Waals surface area contributed by atoms with Crippen molar-refractivity contribution in [1.29, 1.82) is 0 Å². The molecule has 16 heavy (non-hydrogen) atoms. The third-order valence-corrected chi connectivity index (χ3v) is 2.29. The monoisotopic (exact) mass is 218 g/mol. The van der Waals surface area contributed by atoms with Crippen LogP contribution in [-0.4, -0.2) is 29.0 Å². The van der Waals surface area contributed by atoms with E-state index in [1.807, 2.05) is 0 Å². The van der Waals surface area contributed by atoms with Gasteiger partial charge in [-0.15, -0.1) is 0 Å². The second kappa shape index (κ2) is 3.69. The molecule has 1 fully saturated rings. The molecule has 5 nitrogen and oxygen atoms in total. The number of phenols is 1. The van der Waals surface area contributed by atoms with E-state index in [-0.39, 0.29) is 17.4 Å². The third-order valence-electron chi connectivity index (χ3n) is 2.29. The lowest BCUT2D eigenvalue weighted by Gasteiger charge is -1.99. The largest absolute Gasteiger partial charge is 0.508 e. The Morgan fingerprint density at radius 2 is 1.88 bits per heavy atom. The average molecular weight is 218 g/mol. The number of rotatable bonds is 1. The summed E-state index contributed by atoms with van der Waals surface area (Å²) in [4.78, 5) is 23.7. The molecule has 0 unspecified atom stereocenters. The zero-order valence-corrected chi connectivity index (χ0v) is 8.60. The van der Waals surface area contributed by atoms with Gasteiger partial charge in [0.05, 0.1) is 0 Å². The highest BCUT2D eigenvalue weighted by atomic mass is 16.3. The van der Waals surface area contributed by atoms with Crippen LogP contribution in [0.15, 0.2) is 30.0 Å². The number of amides is 3. The van der Waals surface area contributed by atoms with Gasteiger partial charge >= 0.3 is 6.03 Å². The Balaban J connectivity index is 2.29. The van der Waals surface area contributed by atoms with Gasteiger partial charge in [0.15, 0.2) is 0 Å². The first-order chi connectivity index (χ1) is 7.58. The van der Waals surface area contributed by atoms with Gasteiger partial charge in [-0.2, -0.15) is 0 Å². The lowest BCUT2D eigenvalue weighted by atomic mass is 10.2. The number of carbonyl (C=O) groups excluding carboxylic acids is 2. The SMILES string of the molecule is CN1C(=O)N/C(=C/c2ccc(O)cc2)C1=O. The summed E-state index contributed by atoms with van der Waals surface area (Å²) >= 11 is 0. The highest BCUT2D eigenvalue weighted by Gasteiger charge is 2.29. The maximum absolute atomic E-state index is 11.5. The molecule has 0 saturated carbocycles. The molecule has 82 valence electrons. The Morgan fingerprint density at radius 3 is 2.38 bits per heavy atom. The molecule has 1 heterocycles. The molecule has 1 aromatic rings. The molecule has 2 N–H and O–H groups in total. The topological polar surface area (TPSA) is 69.6 Å². The molecule has 5 heteroatoms. The molecular formula is C11H10N2O3.